The van der Waals surface area contributed by atoms with Gasteiger partial charge in [-0.2, -0.15) is 0 Å². The highest BCUT2D eigenvalue weighted by molar-refractivity contribution is 7.99. The first-order valence-corrected chi connectivity index (χ1v) is 9.32. The third-order valence-corrected chi connectivity index (χ3v) is 5.74. The Morgan fingerprint density at radius 3 is 2.48 bits per heavy atom. The van der Waals surface area contributed by atoms with Crippen molar-refractivity contribution in [3.63, 3.8) is 0 Å². The molecule has 0 spiro atoms. The first-order chi connectivity index (χ1) is 12.1. The van der Waals surface area contributed by atoms with E-state index in [1.54, 1.807) is 0 Å². The molecule has 4 aromatic rings. The van der Waals surface area contributed by atoms with Crippen molar-refractivity contribution in [2.45, 2.75) is 23.1 Å². The Balaban J connectivity index is 1.85. The van der Waals surface area contributed by atoms with Crippen LogP contribution in [0.5, 0.6) is 0 Å². The van der Waals surface area contributed by atoms with Crippen molar-refractivity contribution >= 4 is 33.4 Å². The molecule has 0 saturated carbocycles. The van der Waals surface area contributed by atoms with E-state index >= 15 is 0 Å². The smallest absolute Gasteiger partial charge is 0.0491 e. The molecule has 0 aliphatic heterocycles. The average molecular weight is 343 g/mol. The third kappa shape index (κ3) is 2.98. The number of rotatable bonds is 4. The summed E-state index contributed by atoms with van der Waals surface area (Å²) in [6.07, 6.45) is 0.904. The van der Waals surface area contributed by atoms with E-state index in [0.29, 0.717) is 0 Å². The normalized spacial score (nSPS) is 11.3. The van der Waals surface area contributed by atoms with Crippen LogP contribution >= 0.6 is 11.8 Å². The van der Waals surface area contributed by atoms with Crippen LogP contribution in [0, 0.1) is 0 Å². The Bertz CT molecular complexity index is 1090. The summed E-state index contributed by atoms with van der Waals surface area (Å²) >= 11 is 1.86. The van der Waals surface area contributed by atoms with E-state index in [0.717, 1.165) is 6.42 Å². The van der Waals surface area contributed by atoms with Crippen LogP contribution in [0.25, 0.3) is 21.7 Å². The molecule has 25 heavy (non-hydrogen) atoms. The number of nitrogens with zero attached hydrogens (tertiary/aromatic N) is 1. The molecule has 1 nitrogen and oxygen atoms in total. The second-order valence-electron chi connectivity index (χ2n) is 6.60. The second kappa shape index (κ2) is 6.45. The molecule has 0 amide bonds. The minimum atomic E-state index is 0.904. The molecule has 3 aromatic carbocycles. The summed E-state index contributed by atoms with van der Waals surface area (Å²) in [4.78, 5) is 2.62. The number of hydrogen-bond acceptors (Lipinski definition) is 1. The molecular weight excluding hydrogens is 322 g/mol. The molecule has 0 saturated heterocycles. The number of allylic oxidation sites excluding steroid dienone is 1. The number of fused-ring (bicyclic) bond motifs is 2. The summed E-state index contributed by atoms with van der Waals surface area (Å²) in [5.41, 5.74) is 3.81. The fraction of sp³-hybridized carbons (Fsp3) is 0.130. The Labute approximate surface area is 153 Å². The maximum atomic E-state index is 4.13. The molecule has 0 bridgehead atoms. The fourth-order valence-corrected chi connectivity index (χ4v) is 4.53. The molecule has 0 radical (unpaired) electrons. The van der Waals surface area contributed by atoms with Gasteiger partial charge in [-0.05, 0) is 35.9 Å². The molecule has 0 aliphatic carbocycles. The maximum absolute atomic E-state index is 4.13. The highest BCUT2D eigenvalue weighted by atomic mass is 32.2. The predicted octanol–water partition coefficient (Wildman–Crippen LogP) is 6.60. The van der Waals surface area contributed by atoms with Gasteiger partial charge < -0.3 is 4.57 Å². The summed E-state index contributed by atoms with van der Waals surface area (Å²) in [7, 11) is 2.16. The van der Waals surface area contributed by atoms with Crippen molar-refractivity contribution < 1.29 is 0 Å². The van der Waals surface area contributed by atoms with E-state index in [9.17, 15) is 0 Å². The zero-order valence-corrected chi connectivity index (χ0v) is 15.4. The van der Waals surface area contributed by atoms with E-state index < -0.39 is 0 Å². The first-order valence-electron chi connectivity index (χ1n) is 8.51. The monoisotopic (exact) mass is 343 g/mol. The lowest BCUT2D eigenvalue weighted by molar-refractivity contribution is 0.855. The Morgan fingerprint density at radius 1 is 0.960 bits per heavy atom. The van der Waals surface area contributed by atoms with Gasteiger partial charge in [0.2, 0.25) is 0 Å². The zero-order valence-electron chi connectivity index (χ0n) is 14.6. The molecule has 2 heteroatoms. The highest BCUT2D eigenvalue weighted by Gasteiger charge is 2.16. The maximum Gasteiger partial charge on any atom is 0.0491 e. The minimum Gasteiger partial charge on any atom is -0.346 e. The third-order valence-electron chi connectivity index (χ3n) is 4.59. The van der Waals surface area contributed by atoms with Gasteiger partial charge in [0.25, 0.3) is 0 Å². The minimum absolute atomic E-state index is 0.904. The number of para-hydroxylation sites is 1. The highest BCUT2D eigenvalue weighted by Crippen LogP contribution is 2.39. The van der Waals surface area contributed by atoms with Crippen molar-refractivity contribution in [3.05, 3.63) is 84.6 Å². The van der Waals surface area contributed by atoms with Crippen molar-refractivity contribution in [3.8, 4) is 0 Å². The molecule has 0 fully saturated rings. The summed E-state index contributed by atoms with van der Waals surface area (Å²) < 4.78 is 2.31. The van der Waals surface area contributed by atoms with E-state index in [4.69, 9.17) is 0 Å². The molecule has 0 N–H and O–H groups in total. The molecule has 0 unspecified atom stereocenters. The van der Waals surface area contributed by atoms with Gasteiger partial charge in [0.1, 0.15) is 0 Å². The lowest BCUT2D eigenvalue weighted by atomic mass is 10.1. The van der Waals surface area contributed by atoms with Crippen molar-refractivity contribution in [1.29, 1.82) is 0 Å². The molecule has 1 heterocycles. The van der Waals surface area contributed by atoms with Crippen LogP contribution in [-0.4, -0.2) is 4.57 Å². The Hall–Kier alpha value is -2.45. The zero-order chi connectivity index (χ0) is 17.4. The number of aryl methyl sites for hydroxylation is 1. The Morgan fingerprint density at radius 2 is 1.68 bits per heavy atom. The molecule has 4 rings (SSSR count). The number of benzene rings is 3. The molecular formula is C23H21NS. The van der Waals surface area contributed by atoms with Crippen LogP contribution in [0.15, 0.2) is 88.7 Å². The van der Waals surface area contributed by atoms with Gasteiger partial charge in [-0.15, -0.1) is 0 Å². The predicted molar refractivity (Wildman–Crippen MR) is 110 cm³/mol. The van der Waals surface area contributed by atoms with Gasteiger partial charge in [0, 0.05) is 39.9 Å². The van der Waals surface area contributed by atoms with E-state index in [1.165, 1.54) is 42.7 Å². The largest absolute Gasteiger partial charge is 0.346 e. The first kappa shape index (κ1) is 16.0. The van der Waals surface area contributed by atoms with Crippen molar-refractivity contribution in [2.75, 3.05) is 0 Å². The lowest BCUT2D eigenvalue weighted by Gasteiger charge is -2.09. The molecule has 1 aromatic heterocycles. The van der Waals surface area contributed by atoms with Crippen molar-refractivity contribution in [2.24, 2.45) is 7.05 Å². The van der Waals surface area contributed by atoms with Crippen molar-refractivity contribution in [1.82, 2.24) is 4.57 Å². The summed E-state index contributed by atoms with van der Waals surface area (Å²) in [6.45, 7) is 6.23. The van der Waals surface area contributed by atoms with Gasteiger partial charge in [-0.1, -0.05) is 72.4 Å². The van der Waals surface area contributed by atoms with Crippen LogP contribution in [0.4, 0.5) is 0 Å². The van der Waals surface area contributed by atoms with Crippen LogP contribution in [0.2, 0.25) is 0 Å². The van der Waals surface area contributed by atoms with E-state index in [-0.39, 0.29) is 0 Å². The van der Waals surface area contributed by atoms with Gasteiger partial charge in [-0.3, -0.25) is 0 Å². The average Bonchev–Trinajstić information content (AvgIpc) is 2.87. The molecule has 0 aliphatic rings. The molecule has 124 valence electrons. The second-order valence-corrected chi connectivity index (χ2v) is 7.68. The van der Waals surface area contributed by atoms with Crippen LogP contribution < -0.4 is 0 Å². The Kier molecular flexibility index (Phi) is 4.14. The SMILES string of the molecule is C=C(C)Cc1c(Sc2ccc3ccccc3c2)c2ccccc2n1C. The number of aromatic nitrogens is 1. The molecule has 0 atom stereocenters. The topological polar surface area (TPSA) is 4.93 Å². The quantitative estimate of drug-likeness (QED) is 0.378. The van der Waals surface area contributed by atoms with Gasteiger partial charge in [0.05, 0.1) is 0 Å². The summed E-state index contributed by atoms with van der Waals surface area (Å²) in [5.74, 6) is 0. The van der Waals surface area contributed by atoms with Gasteiger partial charge in [-0.25, -0.2) is 0 Å². The lowest BCUT2D eigenvalue weighted by Crippen LogP contribution is -1.97. The number of hydrogen-bond donors (Lipinski definition) is 0. The standard InChI is InChI=1S/C23H21NS/c1-16(2)14-22-23(20-10-6-7-11-21(20)24(22)3)25-19-13-12-17-8-4-5-9-18(17)15-19/h4-13,15H,1,14H2,2-3H3. The van der Waals surface area contributed by atoms with Crippen LogP contribution in [0.1, 0.15) is 12.6 Å². The fourth-order valence-electron chi connectivity index (χ4n) is 3.36. The van der Waals surface area contributed by atoms with E-state index in [1.807, 2.05) is 11.8 Å². The van der Waals surface area contributed by atoms with Crippen LogP contribution in [-0.2, 0) is 13.5 Å². The van der Waals surface area contributed by atoms with E-state index in [2.05, 4.69) is 91.8 Å². The van der Waals surface area contributed by atoms with Gasteiger partial charge in [0.15, 0.2) is 0 Å². The summed E-state index contributed by atoms with van der Waals surface area (Å²) in [5, 5.41) is 3.89. The summed E-state index contributed by atoms with van der Waals surface area (Å²) in [6, 6.07) is 23.9. The van der Waals surface area contributed by atoms with Crippen LogP contribution in [0.3, 0.4) is 0 Å². The van der Waals surface area contributed by atoms with Gasteiger partial charge >= 0.3 is 0 Å².